The molecule has 194 valence electrons. The predicted octanol–water partition coefficient (Wildman–Crippen LogP) is 4.49. The first-order valence-corrected chi connectivity index (χ1v) is 13.2. The number of carbonyl (C=O) groups excluding carboxylic acids is 2. The van der Waals surface area contributed by atoms with Crippen LogP contribution in [0.1, 0.15) is 20.7 Å². The number of nitrogens with zero attached hydrogens (tertiary/aromatic N) is 1. The van der Waals surface area contributed by atoms with Gasteiger partial charge < -0.3 is 19.5 Å². The quantitative estimate of drug-likeness (QED) is 0.332. The zero-order valence-corrected chi connectivity index (χ0v) is 21.9. The van der Waals surface area contributed by atoms with Crippen LogP contribution in [-0.2, 0) is 14.8 Å². The molecule has 0 aromatic heterocycles. The summed E-state index contributed by atoms with van der Waals surface area (Å²) in [7, 11) is -2.49. The zero-order valence-electron chi connectivity index (χ0n) is 19.6. The Hall–Kier alpha value is -3.15. The Kier molecular flexibility index (Phi) is 8.35. The minimum absolute atomic E-state index is 0.0709. The van der Waals surface area contributed by atoms with Crippen molar-refractivity contribution in [3.63, 3.8) is 0 Å². The van der Waals surface area contributed by atoms with Crippen molar-refractivity contribution < 1.29 is 32.2 Å². The number of hydrogen-bond donors (Lipinski definition) is 1. The second-order valence-electron chi connectivity index (χ2n) is 7.88. The summed E-state index contributed by atoms with van der Waals surface area (Å²) in [5.41, 5.74) is 0.573. The van der Waals surface area contributed by atoms with Gasteiger partial charge in [-0.1, -0.05) is 35.3 Å². The molecule has 0 spiro atoms. The highest BCUT2D eigenvalue weighted by molar-refractivity contribution is 7.89. The molecule has 0 aliphatic carbocycles. The van der Waals surface area contributed by atoms with Crippen molar-refractivity contribution in [1.82, 2.24) is 4.31 Å². The Balaban J connectivity index is 1.53. The molecular formula is C25H22Cl2N2O7S. The molecule has 0 bridgehead atoms. The smallest absolute Gasteiger partial charge is 0.345 e. The van der Waals surface area contributed by atoms with E-state index < -0.39 is 16.0 Å². The summed E-state index contributed by atoms with van der Waals surface area (Å²) in [6.07, 6.45) is 0. The van der Waals surface area contributed by atoms with Gasteiger partial charge in [-0.25, -0.2) is 13.2 Å². The number of nitrogens with one attached hydrogen (secondary N) is 1. The van der Waals surface area contributed by atoms with Crippen LogP contribution in [0.3, 0.4) is 0 Å². The van der Waals surface area contributed by atoms with E-state index in [0.29, 0.717) is 17.0 Å². The molecule has 1 N–H and O–H groups in total. The van der Waals surface area contributed by atoms with Crippen LogP contribution in [0.5, 0.6) is 11.5 Å². The molecular weight excluding hydrogens is 543 g/mol. The van der Waals surface area contributed by atoms with Gasteiger partial charge in [0, 0.05) is 30.4 Å². The number of amides is 1. The lowest BCUT2D eigenvalue weighted by Crippen LogP contribution is -2.40. The molecule has 3 aromatic rings. The minimum Gasteiger partial charge on any atom is -0.497 e. The standard InChI is InChI=1S/C25H22Cl2N2O7S/c1-34-18-6-2-4-16(12-18)24(30)28-17-5-3-7-19(13-17)36-25(31)20-14-23(22(27)15-21(20)26)37(32,33)29-8-10-35-11-9-29/h2-7,12-15H,8-11H2,1H3,(H,28,30). The Labute approximate surface area is 223 Å². The first kappa shape index (κ1) is 26.9. The number of carbonyl (C=O) groups is 2. The van der Waals surface area contributed by atoms with Crippen molar-refractivity contribution in [2.45, 2.75) is 4.90 Å². The normalized spacial score (nSPS) is 14.1. The summed E-state index contributed by atoms with van der Waals surface area (Å²) in [4.78, 5) is 25.3. The van der Waals surface area contributed by atoms with Gasteiger partial charge in [0.1, 0.15) is 16.4 Å². The van der Waals surface area contributed by atoms with E-state index in [1.807, 2.05) is 0 Å². The number of benzene rings is 3. The molecule has 1 saturated heterocycles. The SMILES string of the molecule is COc1cccc(C(=O)Nc2cccc(OC(=O)c3cc(S(=O)(=O)N4CCOCC4)c(Cl)cc3Cl)c2)c1. The number of hydrogen-bond acceptors (Lipinski definition) is 7. The second kappa shape index (κ2) is 11.5. The zero-order chi connectivity index (χ0) is 26.6. The van der Waals surface area contributed by atoms with Gasteiger partial charge in [0.25, 0.3) is 5.91 Å². The van der Waals surface area contributed by atoms with Gasteiger partial charge in [-0.2, -0.15) is 4.31 Å². The number of rotatable bonds is 7. The number of halogens is 2. The van der Waals surface area contributed by atoms with Crippen LogP contribution < -0.4 is 14.8 Å². The summed E-state index contributed by atoms with van der Waals surface area (Å²) in [6, 6.07) is 15.1. The third kappa shape index (κ3) is 6.23. The van der Waals surface area contributed by atoms with Gasteiger partial charge in [-0.05, 0) is 42.5 Å². The molecule has 0 radical (unpaired) electrons. The van der Waals surface area contributed by atoms with E-state index in [-0.39, 0.29) is 58.5 Å². The third-order valence-corrected chi connectivity index (χ3v) is 8.14. The van der Waals surface area contributed by atoms with Gasteiger partial charge in [0.05, 0.1) is 35.9 Å². The van der Waals surface area contributed by atoms with E-state index in [1.54, 1.807) is 36.4 Å². The molecule has 1 amide bonds. The first-order valence-electron chi connectivity index (χ1n) is 11.0. The first-order chi connectivity index (χ1) is 17.7. The van der Waals surface area contributed by atoms with Gasteiger partial charge in [0.2, 0.25) is 10.0 Å². The number of esters is 1. The minimum atomic E-state index is -3.99. The van der Waals surface area contributed by atoms with Crippen molar-refractivity contribution in [3.05, 3.63) is 81.8 Å². The van der Waals surface area contributed by atoms with E-state index in [4.69, 9.17) is 37.4 Å². The molecule has 0 atom stereocenters. The van der Waals surface area contributed by atoms with Crippen molar-refractivity contribution in [1.29, 1.82) is 0 Å². The lowest BCUT2D eigenvalue weighted by atomic mass is 10.2. The van der Waals surface area contributed by atoms with Gasteiger partial charge >= 0.3 is 5.97 Å². The summed E-state index contributed by atoms with van der Waals surface area (Å²) < 4.78 is 43.2. The Bertz CT molecular complexity index is 1440. The Morgan fingerprint density at radius 1 is 0.946 bits per heavy atom. The van der Waals surface area contributed by atoms with Crippen LogP contribution >= 0.6 is 23.2 Å². The maximum absolute atomic E-state index is 13.1. The van der Waals surface area contributed by atoms with E-state index in [0.717, 1.165) is 6.07 Å². The van der Waals surface area contributed by atoms with Crippen molar-refractivity contribution in [2.75, 3.05) is 38.7 Å². The van der Waals surface area contributed by atoms with Gasteiger partial charge in [0.15, 0.2) is 0 Å². The topological polar surface area (TPSA) is 111 Å². The molecule has 37 heavy (non-hydrogen) atoms. The summed E-state index contributed by atoms with van der Waals surface area (Å²) in [5, 5.41) is 2.54. The fraction of sp³-hybridized carbons (Fsp3) is 0.200. The molecule has 1 aliphatic heterocycles. The van der Waals surface area contributed by atoms with E-state index in [2.05, 4.69) is 5.32 Å². The molecule has 1 heterocycles. The van der Waals surface area contributed by atoms with E-state index in [1.165, 1.54) is 29.6 Å². The summed E-state index contributed by atoms with van der Waals surface area (Å²) in [5.74, 6) is -0.639. The highest BCUT2D eigenvalue weighted by atomic mass is 35.5. The highest BCUT2D eigenvalue weighted by Crippen LogP contribution is 2.32. The summed E-state index contributed by atoms with van der Waals surface area (Å²) in [6.45, 7) is 0.832. The van der Waals surface area contributed by atoms with Crippen LogP contribution in [0.25, 0.3) is 0 Å². The fourth-order valence-electron chi connectivity index (χ4n) is 3.58. The van der Waals surface area contributed by atoms with Crippen molar-refractivity contribution >= 4 is 50.8 Å². The lowest BCUT2D eigenvalue weighted by molar-refractivity contribution is 0.0727. The molecule has 4 rings (SSSR count). The van der Waals surface area contributed by atoms with Crippen LogP contribution in [0, 0.1) is 0 Å². The van der Waals surface area contributed by atoms with Gasteiger partial charge in [-0.3, -0.25) is 4.79 Å². The monoisotopic (exact) mass is 564 g/mol. The van der Waals surface area contributed by atoms with Crippen molar-refractivity contribution in [3.8, 4) is 11.5 Å². The summed E-state index contributed by atoms with van der Waals surface area (Å²) >= 11 is 12.4. The maximum Gasteiger partial charge on any atom is 0.345 e. The molecule has 1 aliphatic rings. The second-order valence-corrected chi connectivity index (χ2v) is 10.6. The van der Waals surface area contributed by atoms with Crippen LogP contribution in [0.2, 0.25) is 10.0 Å². The molecule has 12 heteroatoms. The molecule has 1 fully saturated rings. The maximum atomic E-state index is 13.1. The largest absolute Gasteiger partial charge is 0.497 e. The van der Waals surface area contributed by atoms with Crippen LogP contribution in [0.4, 0.5) is 5.69 Å². The van der Waals surface area contributed by atoms with E-state index in [9.17, 15) is 18.0 Å². The van der Waals surface area contributed by atoms with Crippen LogP contribution in [0.15, 0.2) is 65.6 Å². The Morgan fingerprint density at radius 3 is 2.38 bits per heavy atom. The number of sulfonamides is 1. The number of ether oxygens (including phenoxy) is 3. The highest BCUT2D eigenvalue weighted by Gasteiger charge is 2.30. The lowest BCUT2D eigenvalue weighted by Gasteiger charge is -2.26. The predicted molar refractivity (Wildman–Crippen MR) is 138 cm³/mol. The molecule has 0 saturated carbocycles. The van der Waals surface area contributed by atoms with Crippen LogP contribution in [-0.4, -0.2) is 58.0 Å². The van der Waals surface area contributed by atoms with Gasteiger partial charge in [-0.15, -0.1) is 0 Å². The average Bonchev–Trinajstić information content (AvgIpc) is 2.89. The average molecular weight is 565 g/mol. The third-order valence-electron chi connectivity index (χ3n) is 5.46. The Morgan fingerprint density at radius 2 is 1.65 bits per heavy atom. The fourth-order valence-corrected chi connectivity index (χ4v) is 5.81. The molecule has 3 aromatic carbocycles. The molecule has 0 unspecified atom stereocenters. The number of methoxy groups -OCH3 is 1. The molecule has 9 nitrogen and oxygen atoms in total. The van der Waals surface area contributed by atoms with Crippen molar-refractivity contribution in [2.24, 2.45) is 0 Å². The number of anilines is 1. The number of morpholine rings is 1. The van der Waals surface area contributed by atoms with E-state index >= 15 is 0 Å².